The second-order valence-electron chi connectivity index (χ2n) is 4.89. The maximum absolute atomic E-state index is 11.2. The van der Waals surface area contributed by atoms with Gasteiger partial charge in [-0.2, -0.15) is 5.10 Å². The minimum atomic E-state index is -1.11. The Bertz CT molecular complexity index is 616. The maximum atomic E-state index is 11.2. The summed E-state index contributed by atoms with van der Waals surface area (Å²) in [5.41, 5.74) is -1.11. The largest absolute Gasteiger partial charge is 0.382 e. The van der Waals surface area contributed by atoms with Crippen LogP contribution in [-0.4, -0.2) is 19.9 Å². The lowest BCUT2D eigenvalue weighted by Gasteiger charge is -2.39. The number of hydrogen-bond donors (Lipinski definition) is 1. The number of rotatable bonds is 2. The molecule has 2 heterocycles. The first-order valence-electron chi connectivity index (χ1n) is 6.24. The van der Waals surface area contributed by atoms with Gasteiger partial charge in [-0.1, -0.05) is 47.6 Å². The summed E-state index contributed by atoms with van der Waals surface area (Å²) in [5, 5.41) is 16.0. The molecule has 0 radical (unpaired) electrons. The normalized spacial score (nSPS) is 26.9. The molecule has 0 saturated heterocycles. The van der Waals surface area contributed by atoms with Gasteiger partial charge in [0.05, 0.1) is 21.0 Å². The molecule has 1 N–H and O–H groups in total. The molecule has 1 fully saturated rings. The molecule has 0 amide bonds. The van der Waals surface area contributed by atoms with Gasteiger partial charge < -0.3 is 5.11 Å². The average molecular weight is 353 g/mol. The van der Waals surface area contributed by atoms with Gasteiger partial charge in [0.2, 0.25) is 0 Å². The van der Waals surface area contributed by atoms with Gasteiger partial charge in [-0.3, -0.25) is 0 Å². The molecule has 2 aromatic rings. The maximum Gasteiger partial charge on any atom is 0.137 e. The Morgan fingerprint density at radius 1 is 1.30 bits per heavy atom. The molecular weight excluding hydrogens is 341 g/mol. The quantitative estimate of drug-likeness (QED) is 0.876. The van der Waals surface area contributed by atoms with Crippen molar-refractivity contribution in [1.82, 2.24) is 14.8 Å². The molecule has 0 aliphatic heterocycles. The van der Waals surface area contributed by atoms with Crippen molar-refractivity contribution in [3.63, 3.8) is 0 Å². The number of hydrogen-bond acceptors (Lipinski definition) is 4. The Balaban J connectivity index is 2.09. The van der Waals surface area contributed by atoms with E-state index in [1.54, 1.807) is 11.0 Å². The summed E-state index contributed by atoms with van der Waals surface area (Å²) in [6.45, 7) is 0. The molecule has 108 valence electrons. The van der Waals surface area contributed by atoms with Crippen LogP contribution in [0.15, 0.2) is 12.7 Å². The third-order valence-corrected chi connectivity index (χ3v) is 6.48. The second kappa shape index (κ2) is 5.46. The molecule has 0 unspecified atom stereocenters. The average Bonchev–Trinajstić information content (AvgIpc) is 3.04. The molecule has 1 aliphatic carbocycles. The third kappa shape index (κ3) is 2.25. The molecule has 3 rings (SSSR count). The van der Waals surface area contributed by atoms with E-state index in [1.807, 2.05) is 0 Å². The highest BCUT2D eigenvalue weighted by Crippen LogP contribution is 2.52. The molecule has 2 atom stereocenters. The summed E-state index contributed by atoms with van der Waals surface area (Å²) in [6, 6.07) is -0.206. The van der Waals surface area contributed by atoms with E-state index >= 15 is 0 Å². The monoisotopic (exact) mass is 351 g/mol. The van der Waals surface area contributed by atoms with E-state index in [1.165, 1.54) is 17.7 Å². The molecular formula is C12H12Cl3N3OS. The van der Waals surface area contributed by atoms with E-state index in [2.05, 4.69) is 10.1 Å². The van der Waals surface area contributed by atoms with Crippen LogP contribution in [-0.2, 0) is 5.60 Å². The molecule has 4 nitrogen and oxygen atoms in total. The highest BCUT2D eigenvalue weighted by atomic mass is 35.5. The molecule has 0 spiro atoms. The van der Waals surface area contributed by atoms with Gasteiger partial charge in [0, 0.05) is 0 Å². The van der Waals surface area contributed by atoms with Gasteiger partial charge >= 0.3 is 0 Å². The zero-order chi connectivity index (χ0) is 14.3. The summed E-state index contributed by atoms with van der Waals surface area (Å²) in [4.78, 5) is 4.58. The van der Waals surface area contributed by atoms with Crippen molar-refractivity contribution < 1.29 is 5.11 Å². The van der Waals surface area contributed by atoms with Crippen LogP contribution in [0, 0.1) is 0 Å². The van der Waals surface area contributed by atoms with Crippen molar-refractivity contribution in [1.29, 1.82) is 0 Å². The Morgan fingerprint density at radius 3 is 2.70 bits per heavy atom. The van der Waals surface area contributed by atoms with Gasteiger partial charge in [-0.25, -0.2) is 9.67 Å². The molecule has 8 heteroatoms. The highest BCUT2D eigenvalue weighted by Gasteiger charge is 2.45. The SMILES string of the molecule is O[C@@]1(c2sc(Cl)c(Cl)c2Cl)CCCC[C@H]1n1cncn1. The molecule has 0 aromatic carbocycles. The van der Waals surface area contributed by atoms with E-state index in [0.717, 1.165) is 19.3 Å². The van der Waals surface area contributed by atoms with Crippen molar-refractivity contribution in [2.75, 3.05) is 0 Å². The van der Waals surface area contributed by atoms with E-state index in [0.29, 0.717) is 25.7 Å². The van der Waals surface area contributed by atoms with Crippen LogP contribution in [0.1, 0.15) is 36.6 Å². The van der Waals surface area contributed by atoms with E-state index in [9.17, 15) is 5.11 Å². The highest BCUT2D eigenvalue weighted by molar-refractivity contribution is 7.17. The lowest BCUT2D eigenvalue weighted by atomic mass is 9.79. The van der Waals surface area contributed by atoms with Crippen LogP contribution in [0.2, 0.25) is 14.4 Å². The van der Waals surface area contributed by atoms with Crippen LogP contribution < -0.4 is 0 Å². The predicted octanol–water partition coefficient (Wildman–Crippen LogP) is 4.30. The second-order valence-corrected chi connectivity index (χ2v) is 7.27. The van der Waals surface area contributed by atoms with Crippen LogP contribution in [0.4, 0.5) is 0 Å². The molecule has 0 bridgehead atoms. The van der Waals surface area contributed by atoms with E-state index < -0.39 is 5.60 Å². The fraction of sp³-hybridized carbons (Fsp3) is 0.500. The molecule has 20 heavy (non-hydrogen) atoms. The van der Waals surface area contributed by atoms with Crippen molar-refractivity contribution in [2.24, 2.45) is 0 Å². The summed E-state index contributed by atoms with van der Waals surface area (Å²) >= 11 is 19.6. The Labute approximate surface area is 135 Å². The number of thiophene rings is 1. The first-order valence-corrected chi connectivity index (χ1v) is 8.19. The van der Waals surface area contributed by atoms with Crippen LogP contribution in [0.3, 0.4) is 0 Å². The van der Waals surface area contributed by atoms with Gasteiger partial charge in [-0.15, -0.1) is 11.3 Å². The fourth-order valence-electron chi connectivity index (χ4n) is 2.78. The molecule has 1 aliphatic rings. The molecule has 1 saturated carbocycles. The predicted molar refractivity (Wildman–Crippen MR) is 80.8 cm³/mol. The number of halogens is 3. The van der Waals surface area contributed by atoms with Gasteiger partial charge in [0.25, 0.3) is 0 Å². The van der Waals surface area contributed by atoms with Gasteiger partial charge in [-0.05, 0) is 12.8 Å². The number of aromatic nitrogens is 3. The topological polar surface area (TPSA) is 50.9 Å². The summed E-state index contributed by atoms with van der Waals surface area (Å²) in [6.07, 6.45) is 6.44. The zero-order valence-electron chi connectivity index (χ0n) is 10.4. The van der Waals surface area contributed by atoms with Crippen molar-refractivity contribution in [3.8, 4) is 0 Å². The minimum Gasteiger partial charge on any atom is -0.382 e. The van der Waals surface area contributed by atoms with Crippen LogP contribution >= 0.6 is 46.1 Å². The van der Waals surface area contributed by atoms with Crippen LogP contribution in [0.5, 0.6) is 0 Å². The summed E-state index contributed by atoms with van der Waals surface area (Å²) in [5.74, 6) is 0. The summed E-state index contributed by atoms with van der Waals surface area (Å²) < 4.78 is 2.10. The number of aliphatic hydroxyl groups is 1. The standard InChI is InChI=1S/C12H12Cl3N3OS/c13-8-9(14)11(15)20-10(8)12(19)4-2-1-3-7(12)18-6-16-5-17-18/h5-7,19H,1-4H2/t7-,12+/m1/s1. The first-order chi connectivity index (χ1) is 9.54. The third-order valence-electron chi connectivity index (χ3n) is 3.74. The fourth-order valence-corrected chi connectivity index (χ4v) is 4.82. The summed E-state index contributed by atoms with van der Waals surface area (Å²) in [7, 11) is 0. The Hall–Kier alpha value is -0.330. The lowest BCUT2D eigenvalue weighted by molar-refractivity contribution is -0.0485. The van der Waals surface area contributed by atoms with Crippen molar-refractivity contribution in [3.05, 3.63) is 31.9 Å². The number of nitrogens with zero attached hydrogens (tertiary/aromatic N) is 3. The van der Waals surface area contributed by atoms with Crippen LogP contribution in [0.25, 0.3) is 0 Å². The lowest BCUT2D eigenvalue weighted by Crippen LogP contribution is -2.39. The zero-order valence-corrected chi connectivity index (χ0v) is 13.5. The van der Waals surface area contributed by atoms with Crippen molar-refractivity contribution >= 4 is 46.1 Å². The smallest absolute Gasteiger partial charge is 0.137 e. The Kier molecular flexibility index (Phi) is 3.99. The first kappa shape index (κ1) is 14.6. The Morgan fingerprint density at radius 2 is 2.10 bits per heavy atom. The van der Waals surface area contributed by atoms with E-state index in [-0.39, 0.29) is 6.04 Å². The minimum absolute atomic E-state index is 0.206. The van der Waals surface area contributed by atoms with Gasteiger partial charge in [0.1, 0.15) is 22.6 Å². The van der Waals surface area contributed by atoms with Crippen molar-refractivity contribution in [2.45, 2.75) is 37.3 Å². The van der Waals surface area contributed by atoms with Gasteiger partial charge in [0.15, 0.2) is 0 Å². The van der Waals surface area contributed by atoms with E-state index in [4.69, 9.17) is 34.8 Å². The molecule has 2 aromatic heterocycles.